The largest absolute Gasteiger partial charge is 0.394 e. The second-order valence-corrected chi connectivity index (χ2v) is 6.53. The van der Waals surface area contributed by atoms with Gasteiger partial charge >= 0.3 is 0 Å². The summed E-state index contributed by atoms with van der Waals surface area (Å²) in [5.41, 5.74) is 2.47. The summed E-state index contributed by atoms with van der Waals surface area (Å²) in [4.78, 5) is 0. The van der Waals surface area contributed by atoms with E-state index < -0.39 is 0 Å². The van der Waals surface area contributed by atoms with Crippen molar-refractivity contribution in [1.29, 1.82) is 0 Å². The minimum atomic E-state index is -0.0603. The van der Waals surface area contributed by atoms with Gasteiger partial charge in [-0.25, -0.2) is 0 Å². The van der Waals surface area contributed by atoms with E-state index in [4.69, 9.17) is 5.10 Å². The summed E-state index contributed by atoms with van der Waals surface area (Å²) < 4.78 is 2.24. The third kappa shape index (κ3) is 2.63. The van der Waals surface area contributed by atoms with Crippen molar-refractivity contribution >= 4 is 0 Å². The third-order valence-corrected chi connectivity index (χ3v) is 4.91. The summed E-state index contributed by atoms with van der Waals surface area (Å²) in [5.74, 6) is 0. The van der Waals surface area contributed by atoms with Crippen molar-refractivity contribution in [3.05, 3.63) is 17.5 Å². The Labute approximate surface area is 121 Å². The van der Waals surface area contributed by atoms with Crippen molar-refractivity contribution < 1.29 is 5.11 Å². The zero-order chi connectivity index (χ0) is 14.2. The number of hydrogen-bond acceptors (Lipinski definition) is 3. The zero-order valence-corrected chi connectivity index (χ0v) is 12.7. The monoisotopic (exact) mass is 277 g/mol. The van der Waals surface area contributed by atoms with E-state index in [0.717, 1.165) is 32.1 Å². The van der Waals surface area contributed by atoms with Crippen molar-refractivity contribution in [2.45, 2.75) is 76.4 Å². The number of aryl methyl sites for hydroxylation is 2. The summed E-state index contributed by atoms with van der Waals surface area (Å²) in [7, 11) is 0. The van der Waals surface area contributed by atoms with E-state index >= 15 is 0 Å². The molecular formula is C16H27N3O. The molecule has 0 spiro atoms. The molecule has 0 radical (unpaired) electrons. The molecule has 2 atom stereocenters. The molecule has 1 aromatic heterocycles. The van der Waals surface area contributed by atoms with Gasteiger partial charge in [-0.3, -0.25) is 4.68 Å². The number of nitrogens with one attached hydrogen (secondary N) is 1. The van der Waals surface area contributed by atoms with Crippen LogP contribution in [0.15, 0.2) is 6.07 Å². The first-order valence-electron chi connectivity index (χ1n) is 8.15. The van der Waals surface area contributed by atoms with Gasteiger partial charge in [0.2, 0.25) is 0 Å². The van der Waals surface area contributed by atoms with Crippen molar-refractivity contribution in [2.75, 3.05) is 6.61 Å². The molecule has 2 N–H and O–H groups in total. The molecule has 4 nitrogen and oxygen atoms in total. The van der Waals surface area contributed by atoms with E-state index in [9.17, 15) is 5.11 Å². The van der Waals surface area contributed by atoms with Crippen LogP contribution in [0.4, 0.5) is 0 Å². The number of aliphatic hydroxyl groups is 1. The van der Waals surface area contributed by atoms with Crippen LogP contribution in [-0.4, -0.2) is 33.1 Å². The number of hydrogen-bond donors (Lipinski definition) is 2. The number of nitrogens with zero attached hydrogens (tertiary/aromatic N) is 2. The highest BCUT2D eigenvalue weighted by Crippen LogP contribution is 2.40. The van der Waals surface area contributed by atoms with Gasteiger partial charge in [0, 0.05) is 17.3 Å². The Hall–Kier alpha value is -0.870. The summed E-state index contributed by atoms with van der Waals surface area (Å²) in [6, 6.07) is 3.34. The number of rotatable bonds is 6. The van der Waals surface area contributed by atoms with Gasteiger partial charge in [0.1, 0.15) is 0 Å². The average Bonchev–Trinajstić information content (AvgIpc) is 3.03. The van der Waals surface area contributed by atoms with Crippen LogP contribution in [0.5, 0.6) is 0 Å². The fourth-order valence-corrected chi connectivity index (χ4v) is 3.53. The molecule has 1 aromatic rings. The van der Waals surface area contributed by atoms with E-state index in [1.807, 2.05) is 0 Å². The van der Waals surface area contributed by atoms with E-state index in [-0.39, 0.29) is 12.1 Å². The first-order valence-corrected chi connectivity index (χ1v) is 8.15. The fourth-order valence-electron chi connectivity index (χ4n) is 3.53. The molecule has 4 heteroatoms. The summed E-state index contributed by atoms with van der Waals surface area (Å²) in [6.07, 6.45) is 7.78. The molecule has 20 heavy (non-hydrogen) atoms. The van der Waals surface area contributed by atoms with Crippen LogP contribution < -0.4 is 5.32 Å². The second kappa shape index (κ2) is 5.49. The topological polar surface area (TPSA) is 50.1 Å². The lowest BCUT2D eigenvalue weighted by Crippen LogP contribution is -2.47. The van der Waals surface area contributed by atoms with E-state index in [1.165, 1.54) is 24.2 Å². The molecule has 2 aliphatic carbocycles. The molecule has 2 saturated carbocycles. The van der Waals surface area contributed by atoms with Gasteiger partial charge in [-0.15, -0.1) is 0 Å². The Morgan fingerprint density at radius 3 is 2.75 bits per heavy atom. The van der Waals surface area contributed by atoms with Crippen LogP contribution in [0.3, 0.4) is 0 Å². The average molecular weight is 277 g/mol. The van der Waals surface area contributed by atoms with Gasteiger partial charge < -0.3 is 10.4 Å². The highest BCUT2D eigenvalue weighted by Gasteiger charge is 2.43. The maximum atomic E-state index is 9.84. The van der Waals surface area contributed by atoms with Crippen LogP contribution in [-0.2, 0) is 12.8 Å². The Morgan fingerprint density at radius 2 is 2.15 bits per heavy atom. The molecule has 2 fully saturated rings. The van der Waals surface area contributed by atoms with Crippen molar-refractivity contribution in [1.82, 2.24) is 15.1 Å². The van der Waals surface area contributed by atoms with Crippen molar-refractivity contribution in [3.8, 4) is 0 Å². The lowest BCUT2D eigenvalue weighted by atomic mass is 9.98. The minimum Gasteiger partial charge on any atom is -0.394 e. The Balaban J connectivity index is 1.76. The summed E-state index contributed by atoms with van der Waals surface area (Å²) >= 11 is 0. The molecule has 3 rings (SSSR count). The molecule has 0 amide bonds. The Bertz CT molecular complexity index is 466. The third-order valence-electron chi connectivity index (χ3n) is 4.91. The van der Waals surface area contributed by atoms with E-state index in [0.29, 0.717) is 12.1 Å². The van der Waals surface area contributed by atoms with Crippen LogP contribution in [0, 0.1) is 0 Å². The molecule has 2 aliphatic rings. The number of aliphatic hydroxyl groups excluding tert-OH is 1. The van der Waals surface area contributed by atoms with Gasteiger partial charge in [0.05, 0.1) is 18.3 Å². The van der Waals surface area contributed by atoms with Crippen LogP contribution in [0.25, 0.3) is 0 Å². The lowest BCUT2D eigenvalue weighted by Gasteiger charge is -2.29. The van der Waals surface area contributed by atoms with Crippen LogP contribution in [0.2, 0.25) is 0 Å². The van der Waals surface area contributed by atoms with Gasteiger partial charge in [0.15, 0.2) is 0 Å². The zero-order valence-electron chi connectivity index (χ0n) is 12.7. The van der Waals surface area contributed by atoms with Crippen molar-refractivity contribution in [2.24, 2.45) is 0 Å². The fraction of sp³-hybridized carbons (Fsp3) is 0.812. The minimum absolute atomic E-state index is 0.0603. The Morgan fingerprint density at radius 1 is 1.35 bits per heavy atom. The van der Waals surface area contributed by atoms with Gasteiger partial charge in [-0.05, 0) is 51.0 Å². The van der Waals surface area contributed by atoms with E-state index in [1.54, 1.807) is 0 Å². The maximum absolute atomic E-state index is 9.84. The SMILES string of the molecule is CCc1cc(CC)n(C2CCC(CO)(NC3CC3)C2)n1. The maximum Gasteiger partial charge on any atom is 0.0624 e. The molecule has 1 heterocycles. The predicted octanol–water partition coefficient (Wildman–Crippen LogP) is 2.22. The highest BCUT2D eigenvalue weighted by atomic mass is 16.3. The van der Waals surface area contributed by atoms with Crippen LogP contribution >= 0.6 is 0 Å². The van der Waals surface area contributed by atoms with E-state index in [2.05, 4.69) is 29.9 Å². The molecule has 0 bridgehead atoms. The summed E-state index contributed by atoms with van der Waals surface area (Å²) in [5, 5.41) is 18.3. The standard InChI is InChI=1S/C16H27N3O/c1-3-12-9-14(4-2)19(18-12)15-7-8-16(10-15,11-20)17-13-5-6-13/h9,13,15,17,20H,3-8,10-11H2,1-2H3. The first-order chi connectivity index (χ1) is 9.69. The van der Waals surface area contributed by atoms with Crippen LogP contribution in [0.1, 0.15) is 63.4 Å². The molecule has 112 valence electrons. The summed E-state index contributed by atoms with van der Waals surface area (Å²) in [6.45, 7) is 4.61. The molecule has 0 saturated heterocycles. The van der Waals surface area contributed by atoms with Gasteiger partial charge in [-0.2, -0.15) is 5.10 Å². The van der Waals surface area contributed by atoms with Gasteiger partial charge in [0.25, 0.3) is 0 Å². The smallest absolute Gasteiger partial charge is 0.0624 e. The Kier molecular flexibility index (Phi) is 3.87. The van der Waals surface area contributed by atoms with Gasteiger partial charge in [-0.1, -0.05) is 13.8 Å². The molecule has 0 aromatic carbocycles. The quantitative estimate of drug-likeness (QED) is 0.838. The van der Waals surface area contributed by atoms with Crippen molar-refractivity contribution in [3.63, 3.8) is 0 Å². The first kappa shape index (κ1) is 14.1. The second-order valence-electron chi connectivity index (χ2n) is 6.53. The lowest BCUT2D eigenvalue weighted by molar-refractivity contribution is 0.158. The molecule has 2 unspecified atom stereocenters. The normalized spacial score (nSPS) is 30.1. The highest BCUT2D eigenvalue weighted by molar-refractivity contribution is 5.13. The molecule has 0 aliphatic heterocycles. The predicted molar refractivity (Wildman–Crippen MR) is 79.8 cm³/mol. The molecular weight excluding hydrogens is 250 g/mol. The number of aromatic nitrogens is 2.